The molecule has 4 aromatic carbocycles. The number of carbonyl (C=O) groups excluding carboxylic acids is 1. The molecule has 6 heteroatoms. The Bertz CT molecular complexity index is 1510. The van der Waals surface area contributed by atoms with Crippen LogP contribution in [-0.2, 0) is 11.2 Å². The second-order valence-corrected chi connectivity index (χ2v) is 10.2. The predicted octanol–water partition coefficient (Wildman–Crippen LogP) is 5.18. The Morgan fingerprint density at radius 2 is 1.08 bits per heavy atom. The number of methoxy groups -OCH3 is 3. The Kier molecular flexibility index (Phi) is 5.97. The molecule has 0 aromatic heterocycles. The number of rotatable bonds is 6. The summed E-state index contributed by atoms with van der Waals surface area (Å²) in [6, 6.07) is 29.1. The number of ketones is 1. The highest BCUT2D eigenvalue weighted by atomic mass is 16.5. The van der Waals surface area contributed by atoms with Gasteiger partial charge in [0.25, 0.3) is 0 Å². The van der Waals surface area contributed by atoms with E-state index in [-0.39, 0.29) is 5.78 Å². The Labute approximate surface area is 227 Å². The van der Waals surface area contributed by atoms with E-state index in [0.29, 0.717) is 33.9 Å². The van der Waals surface area contributed by atoms with Gasteiger partial charge in [-0.05, 0) is 58.7 Å². The van der Waals surface area contributed by atoms with E-state index in [9.17, 15) is 15.0 Å². The van der Waals surface area contributed by atoms with Crippen LogP contribution in [0.3, 0.4) is 0 Å². The molecule has 39 heavy (non-hydrogen) atoms. The smallest absolute Gasteiger partial charge is 0.170 e. The van der Waals surface area contributed by atoms with Crippen LogP contribution >= 0.6 is 0 Å². The summed E-state index contributed by atoms with van der Waals surface area (Å²) in [5, 5.41) is 26.0. The van der Waals surface area contributed by atoms with E-state index in [1.807, 2.05) is 48.5 Å². The van der Waals surface area contributed by atoms with Gasteiger partial charge in [0, 0.05) is 17.4 Å². The molecular weight excluding hydrogens is 492 g/mol. The SMILES string of the molecule is COc1ccc([C@H]2[C@H]3C(=O)c4ccccc4[C@]3(O)[C@@](O)(c3ccc(OC)cc3)[C@H]2c2ccc(OC)cc2)cc1. The highest BCUT2D eigenvalue weighted by Crippen LogP contribution is 2.70. The van der Waals surface area contributed by atoms with E-state index < -0.39 is 29.0 Å². The Balaban J connectivity index is 1.67. The monoisotopic (exact) mass is 522 g/mol. The van der Waals surface area contributed by atoms with Crippen LogP contribution in [0.2, 0.25) is 0 Å². The fourth-order valence-corrected chi connectivity index (χ4v) is 6.83. The average molecular weight is 523 g/mol. The fourth-order valence-electron chi connectivity index (χ4n) is 6.83. The number of hydrogen-bond donors (Lipinski definition) is 2. The first-order valence-electron chi connectivity index (χ1n) is 12.9. The highest BCUT2D eigenvalue weighted by molar-refractivity contribution is 6.05. The van der Waals surface area contributed by atoms with Gasteiger partial charge in [0.1, 0.15) is 28.5 Å². The van der Waals surface area contributed by atoms with Gasteiger partial charge in [0.05, 0.1) is 27.2 Å². The Hall–Kier alpha value is -4.13. The molecular formula is C33H30O6. The number of benzene rings is 4. The molecule has 0 unspecified atom stereocenters. The van der Waals surface area contributed by atoms with Crippen molar-refractivity contribution in [3.8, 4) is 17.2 Å². The zero-order valence-corrected chi connectivity index (χ0v) is 22.0. The molecule has 0 saturated heterocycles. The lowest BCUT2D eigenvalue weighted by Crippen LogP contribution is -2.49. The molecule has 2 aliphatic carbocycles. The maximum Gasteiger partial charge on any atom is 0.170 e. The van der Waals surface area contributed by atoms with E-state index in [2.05, 4.69) is 0 Å². The average Bonchev–Trinajstić information content (AvgIpc) is 3.36. The molecule has 1 fully saturated rings. The minimum absolute atomic E-state index is 0.183. The third-order valence-corrected chi connectivity index (χ3v) is 8.59. The van der Waals surface area contributed by atoms with E-state index in [4.69, 9.17) is 14.2 Å². The van der Waals surface area contributed by atoms with Crippen molar-refractivity contribution in [3.05, 3.63) is 125 Å². The maximum atomic E-state index is 14.2. The molecule has 4 aromatic rings. The fraction of sp³-hybridized carbons (Fsp3) is 0.242. The predicted molar refractivity (Wildman–Crippen MR) is 147 cm³/mol. The van der Waals surface area contributed by atoms with E-state index in [0.717, 1.165) is 11.1 Å². The third-order valence-electron chi connectivity index (χ3n) is 8.59. The number of hydrogen-bond acceptors (Lipinski definition) is 6. The number of carbonyl (C=O) groups is 1. The van der Waals surface area contributed by atoms with Gasteiger partial charge >= 0.3 is 0 Å². The van der Waals surface area contributed by atoms with Gasteiger partial charge in [0.15, 0.2) is 5.78 Å². The van der Waals surface area contributed by atoms with Crippen LogP contribution in [0.4, 0.5) is 0 Å². The number of Topliss-reactive ketones (excluding diaryl/α,β-unsaturated/α-hetero) is 1. The van der Waals surface area contributed by atoms with Gasteiger partial charge in [-0.2, -0.15) is 0 Å². The van der Waals surface area contributed by atoms with Crippen molar-refractivity contribution in [1.82, 2.24) is 0 Å². The molecule has 0 spiro atoms. The lowest BCUT2D eigenvalue weighted by atomic mass is 9.69. The van der Waals surface area contributed by atoms with Gasteiger partial charge in [-0.25, -0.2) is 0 Å². The van der Waals surface area contributed by atoms with Crippen LogP contribution in [0.15, 0.2) is 97.1 Å². The molecule has 6 rings (SSSR count). The molecule has 0 radical (unpaired) electrons. The number of aliphatic hydroxyl groups is 2. The summed E-state index contributed by atoms with van der Waals surface area (Å²) in [4.78, 5) is 14.2. The van der Waals surface area contributed by atoms with Crippen molar-refractivity contribution in [2.24, 2.45) is 5.92 Å². The van der Waals surface area contributed by atoms with Crippen molar-refractivity contribution in [1.29, 1.82) is 0 Å². The molecule has 0 heterocycles. The van der Waals surface area contributed by atoms with Gasteiger partial charge in [0.2, 0.25) is 0 Å². The summed E-state index contributed by atoms with van der Waals surface area (Å²) in [7, 11) is 4.78. The topological polar surface area (TPSA) is 85.2 Å². The second kappa shape index (κ2) is 9.26. The van der Waals surface area contributed by atoms with Crippen LogP contribution in [0, 0.1) is 5.92 Å². The molecule has 6 nitrogen and oxygen atoms in total. The van der Waals surface area contributed by atoms with Crippen molar-refractivity contribution in [2.75, 3.05) is 21.3 Å². The molecule has 198 valence electrons. The number of ether oxygens (including phenoxy) is 3. The Morgan fingerprint density at radius 1 is 0.590 bits per heavy atom. The van der Waals surface area contributed by atoms with Gasteiger partial charge < -0.3 is 24.4 Å². The summed E-state index contributed by atoms with van der Waals surface area (Å²) in [5.41, 5.74) is -0.794. The first kappa shape index (κ1) is 25.2. The summed E-state index contributed by atoms with van der Waals surface area (Å²) < 4.78 is 16.2. The van der Waals surface area contributed by atoms with Crippen LogP contribution in [0.5, 0.6) is 17.2 Å². The lowest BCUT2D eigenvalue weighted by molar-refractivity contribution is -0.159. The molecule has 2 N–H and O–H groups in total. The first-order chi connectivity index (χ1) is 18.9. The van der Waals surface area contributed by atoms with Gasteiger partial charge in [-0.15, -0.1) is 0 Å². The molecule has 0 amide bonds. The van der Waals surface area contributed by atoms with Crippen LogP contribution in [0.1, 0.15) is 44.4 Å². The number of fused-ring (bicyclic) bond motifs is 3. The molecule has 0 bridgehead atoms. The third kappa shape index (κ3) is 3.45. The highest BCUT2D eigenvalue weighted by Gasteiger charge is 2.75. The van der Waals surface area contributed by atoms with E-state index >= 15 is 0 Å². The summed E-state index contributed by atoms with van der Waals surface area (Å²) in [6.07, 6.45) is 0. The van der Waals surface area contributed by atoms with Crippen molar-refractivity contribution in [2.45, 2.75) is 23.0 Å². The zero-order chi connectivity index (χ0) is 27.4. The van der Waals surface area contributed by atoms with Gasteiger partial charge in [-0.1, -0.05) is 60.7 Å². The lowest BCUT2D eigenvalue weighted by Gasteiger charge is -2.42. The summed E-state index contributed by atoms with van der Waals surface area (Å²) in [6.45, 7) is 0. The summed E-state index contributed by atoms with van der Waals surface area (Å²) >= 11 is 0. The van der Waals surface area contributed by atoms with Crippen LogP contribution in [0.25, 0.3) is 0 Å². The summed E-state index contributed by atoms with van der Waals surface area (Å²) in [5.74, 6) is -0.372. The van der Waals surface area contributed by atoms with Crippen molar-refractivity contribution in [3.63, 3.8) is 0 Å². The van der Waals surface area contributed by atoms with Crippen molar-refractivity contribution < 1.29 is 29.2 Å². The standard InChI is InChI=1S/C33H30O6/c1-37-23-14-8-20(9-15-23)28-29(21-10-16-24(38-2)17-11-21)32(35,22-12-18-25(39-3)19-13-22)33(36)27-7-5-4-6-26(27)31(34)30(28)33/h4-19,28-30,35-36H,1-3H3/t28-,29+,30+,32-,33-/m1/s1. The minimum Gasteiger partial charge on any atom is -0.497 e. The molecule has 2 aliphatic rings. The van der Waals surface area contributed by atoms with E-state index in [1.54, 1.807) is 69.9 Å². The largest absolute Gasteiger partial charge is 0.497 e. The maximum absolute atomic E-state index is 14.2. The molecule has 1 saturated carbocycles. The van der Waals surface area contributed by atoms with Crippen LogP contribution < -0.4 is 14.2 Å². The second-order valence-electron chi connectivity index (χ2n) is 10.2. The zero-order valence-electron chi connectivity index (χ0n) is 22.0. The first-order valence-corrected chi connectivity index (χ1v) is 12.9. The van der Waals surface area contributed by atoms with Crippen LogP contribution in [-0.4, -0.2) is 37.3 Å². The molecule has 0 aliphatic heterocycles. The van der Waals surface area contributed by atoms with Gasteiger partial charge in [-0.3, -0.25) is 4.79 Å². The normalized spacial score (nSPS) is 27.1. The molecule has 5 atom stereocenters. The Morgan fingerprint density at radius 3 is 1.62 bits per heavy atom. The quantitative estimate of drug-likeness (QED) is 0.363. The van der Waals surface area contributed by atoms with Crippen molar-refractivity contribution >= 4 is 5.78 Å². The van der Waals surface area contributed by atoms with E-state index in [1.165, 1.54) is 0 Å². The minimum atomic E-state index is -1.90.